The molecule has 0 amide bonds. The Labute approximate surface area is 200 Å². The number of aromatic carboxylic acids is 1. The fourth-order valence-corrected chi connectivity index (χ4v) is 4.35. The summed E-state index contributed by atoms with van der Waals surface area (Å²) in [4.78, 5) is 12.4. The molecule has 3 aromatic carbocycles. The van der Waals surface area contributed by atoms with Crippen LogP contribution in [0.15, 0.2) is 60.7 Å². The van der Waals surface area contributed by atoms with Gasteiger partial charge in [-0.2, -0.15) is 0 Å². The molecule has 0 radical (unpaired) electrons. The second-order valence-electron chi connectivity index (χ2n) is 7.57. The summed E-state index contributed by atoms with van der Waals surface area (Å²) in [5.41, 5.74) is 3.06. The number of methoxy groups -OCH3 is 1. The number of benzene rings is 3. The number of nitrogens with one attached hydrogen (secondary N) is 1. The van der Waals surface area contributed by atoms with Crippen molar-refractivity contribution in [3.63, 3.8) is 0 Å². The fraction of sp³-hybridized carbons (Fsp3) is 0.160. The number of hydrogen-bond donors (Lipinski definition) is 2. The van der Waals surface area contributed by atoms with Gasteiger partial charge in [0, 0.05) is 46.7 Å². The molecular formula is C25H21Cl2FN2O3. The van der Waals surface area contributed by atoms with E-state index in [4.69, 9.17) is 27.9 Å². The molecule has 5 nitrogen and oxygen atoms in total. The van der Waals surface area contributed by atoms with Crippen LogP contribution < -0.4 is 10.1 Å². The lowest BCUT2D eigenvalue weighted by molar-refractivity contribution is 0.0684. The SMILES string of the molecule is COc1ccc2c(CNCc3cccc(Cl)c3)c(C(=O)O)n(Cc3ccc(F)cc3Cl)c2c1. The molecule has 0 aliphatic rings. The van der Waals surface area contributed by atoms with E-state index in [2.05, 4.69) is 5.32 Å². The summed E-state index contributed by atoms with van der Waals surface area (Å²) in [6.07, 6.45) is 0. The summed E-state index contributed by atoms with van der Waals surface area (Å²) >= 11 is 12.3. The van der Waals surface area contributed by atoms with E-state index in [1.165, 1.54) is 12.1 Å². The van der Waals surface area contributed by atoms with Crippen molar-refractivity contribution >= 4 is 40.1 Å². The van der Waals surface area contributed by atoms with Crippen LogP contribution in [0.4, 0.5) is 4.39 Å². The lowest BCUT2D eigenvalue weighted by Crippen LogP contribution is -2.17. The number of halogens is 3. The molecule has 0 unspecified atom stereocenters. The van der Waals surface area contributed by atoms with E-state index in [9.17, 15) is 14.3 Å². The Kier molecular flexibility index (Phi) is 6.88. The average Bonchev–Trinajstić information content (AvgIpc) is 3.08. The van der Waals surface area contributed by atoms with Gasteiger partial charge in [-0.05, 0) is 47.5 Å². The number of aromatic nitrogens is 1. The molecule has 0 aliphatic carbocycles. The van der Waals surface area contributed by atoms with Gasteiger partial charge < -0.3 is 19.7 Å². The number of ether oxygens (including phenoxy) is 1. The monoisotopic (exact) mass is 486 g/mol. The van der Waals surface area contributed by atoms with Gasteiger partial charge in [0.25, 0.3) is 0 Å². The topological polar surface area (TPSA) is 63.5 Å². The third-order valence-electron chi connectivity index (χ3n) is 5.44. The smallest absolute Gasteiger partial charge is 0.352 e. The van der Waals surface area contributed by atoms with Crippen LogP contribution in [0.2, 0.25) is 10.0 Å². The lowest BCUT2D eigenvalue weighted by Gasteiger charge is -2.12. The van der Waals surface area contributed by atoms with Crippen molar-refractivity contribution < 1.29 is 19.0 Å². The molecule has 0 saturated carbocycles. The molecule has 0 spiro atoms. The molecule has 0 bridgehead atoms. The quantitative estimate of drug-likeness (QED) is 0.314. The molecule has 1 aromatic heterocycles. The van der Waals surface area contributed by atoms with Crippen molar-refractivity contribution in [2.45, 2.75) is 19.6 Å². The van der Waals surface area contributed by atoms with E-state index in [0.717, 1.165) is 10.9 Å². The Morgan fingerprint density at radius 1 is 1.09 bits per heavy atom. The van der Waals surface area contributed by atoms with Gasteiger partial charge in [-0.1, -0.05) is 41.4 Å². The van der Waals surface area contributed by atoms with Crippen LogP contribution in [0.5, 0.6) is 5.75 Å². The second kappa shape index (κ2) is 9.83. The highest BCUT2D eigenvalue weighted by molar-refractivity contribution is 6.31. The number of fused-ring (bicyclic) bond motifs is 1. The van der Waals surface area contributed by atoms with Crippen molar-refractivity contribution in [3.05, 3.63) is 98.9 Å². The molecule has 4 rings (SSSR count). The fourth-order valence-electron chi connectivity index (χ4n) is 3.91. The van der Waals surface area contributed by atoms with Crippen molar-refractivity contribution in [1.29, 1.82) is 0 Å². The first kappa shape index (κ1) is 23.1. The third kappa shape index (κ3) is 4.98. The molecule has 0 atom stereocenters. The van der Waals surface area contributed by atoms with Crippen molar-refractivity contribution in [2.75, 3.05) is 7.11 Å². The number of hydrogen-bond acceptors (Lipinski definition) is 3. The molecular weight excluding hydrogens is 466 g/mol. The zero-order chi connectivity index (χ0) is 23.5. The Balaban J connectivity index is 1.76. The third-order valence-corrected chi connectivity index (χ3v) is 6.03. The minimum atomic E-state index is -1.07. The normalized spacial score (nSPS) is 11.2. The standard InChI is InChI=1S/C25H21Cl2FN2O3/c1-33-19-7-8-20-21(13-29-12-15-3-2-4-17(26)9-15)24(25(31)32)30(23(20)11-19)14-16-5-6-18(28)10-22(16)27/h2-11,29H,12-14H2,1H3,(H,31,32). The van der Waals surface area contributed by atoms with Crippen LogP contribution in [0.3, 0.4) is 0 Å². The van der Waals surface area contributed by atoms with Gasteiger partial charge in [0.2, 0.25) is 0 Å². The maximum atomic E-state index is 13.5. The summed E-state index contributed by atoms with van der Waals surface area (Å²) in [5.74, 6) is -0.920. The van der Waals surface area contributed by atoms with Gasteiger partial charge in [-0.3, -0.25) is 0 Å². The number of carboxylic acids is 1. The first-order valence-corrected chi connectivity index (χ1v) is 10.9. The van der Waals surface area contributed by atoms with Gasteiger partial charge in [-0.15, -0.1) is 0 Å². The summed E-state index contributed by atoms with van der Waals surface area (Å²) in [6.45, 7) is 1.01. The van der Waals surface area contributed by atoms with Gasteiger partial charge in [-0.25, -0.2) is 9.18 Å². The van der Waals surface area contributed by atoms with E-state index in [-0.39, 0.29) is 17.3 Å². The molecule has 2 N–H and O–H groups in total. The van der Waals surface area contributed by atoms with Crippen LogP contribution in [0.25, 0.3) is 10.9 Å². The van der Waals surface area contributed by atoms with Gasteiger partial charge >= 0.3 is 5.97 Å². The van der Waals surface area contributed by atoms with Crippen molar-refractivity contribution in [3.8, 4) is 5.75 Å². The van der Waals surface area contributed by atoms with Crippen LogP contribution in [0.1, 0.15) is 27.2 Å². The Hall–Kier alpha value is -3.06. The highest BCUT2D eigenvalue weighted by atomic mass is 35.5. The average molecular weight is 487 g/mol. The predicted molar refractivity (Wildman–Crippen MR) is 128 cm³/mol. The molecule has 4 aromatic rings. The maximum Gasteiger partial charge on any atom is 0.352 e. The maximum absolute atomic E-state index is 13.5. The number of carboxylic acid groups (broad SMARTS) is 1. The first-order valence-electron chi connectivity index (χ1n) is 10.2. The van der Waals surface area contributed by atoms with E-state index in [1.54, 1.807) is 35.9 Å². The summed E-state index contributed by atoms with van der Waals surface area (Å²) in [6, 6.07) is 17.0. The van der Waals surface area contributed by atoms with Gasteiger partial charge in [0.05, 0.1) is 12.6 Å². The van der Waals surface area contributed by atoms with Crippen molar-refractivity contribution in [1.82, 2.24) is 9.88 Å². The zero-order valence-corrected chi connectivity index (χ0v) is 19.3. The highest BCUT2D eigenvalue weighted by Crippen LogP contribution is 2.32. The Morgan fingerprint density at radius 3 is 2.61 bits per heavy atom. The van der Waals surface area contributed by atoms with Gasteiger partial charge in [0.1, 0.15) is 17.3 Å². The van der Waals surface area contributed by atoms with Crippen LogP contribution in [-0.2, 0) is 19.6 Å². The largest absolute Gasteiger partial charge is 0.497 e. The van der Waals surface area contributed by atoms with E-state index in [0.29, 0.717) is 40.5 Å². The molecule has 1 heterocycles. The van der Waals surface area contributed by atoms with Crippen molar-refractivity contribution in [2.24, 2.45) is 0 Å². The lowest BCUT2D eigenvalue weighted by atomic mass is 10.1. The van der Waals surface area contributed by atoms with E-state index < -0.39 is 11.8 Å². The molecule has 0 fully saturated rings. The van der Waals surface area contributed by atoms with E-state index in [1.807, 2.05) is 24.3 Å². The minimum absolute atomic E-state index is 0.136. The minimum Gasteiger partial charge on any atom is -0.497 e. The number of nitrogens with zero attached hydrogens (tertiary/aromatic N) is 1. The zero-order valence-electron chi connectivity index (χ0n) is 17.7. The molecule has 0 aliphatic heterocycles. The Morgan fingerprint density at radius 2 is 1.91 bits per heavy atom. The summed E-state index contributed by atoms with van der Waals surface area (Å²) < 4.78 is 20.6. The predicted octanol–water partition coefficient (Wildman–Crippen LogP) is 6.13. The molecule has 0 saturated heterocycles. The van der Waals surface area contributed by atoms with Crippen LogP contribution in [-0.4, -0.2) is 22.8 Å². The Bertz CT molecular complexity index is 1340. The molecule has 8 heteroatoms. The molecule has 33 heavy (non-hydrogen) atoms. The molecule has 170 valence electrons. The first-order chi connectivity index (χ1) is 15.9. The van der Waals surface area contributed by atoms with Gasteiger partial charge in [0.15, 0.2) is 0 Å². The van der Waals surface area contributed by atoms with Crippen LogP contribution >= 0.6 is 23.2 Å². The second-order valence-corrected chi connectivity index (χ2v) is 8.41. The summed E-state index contributed by atoms with van der Waals surface area (Å²) in [5, 5.41) is 15.1. The van der Waals surface area contributed by atoms with E-state index >= 15 is 0 Å². The summed E-state index contributed by atoms with van der Waals surface area (Å²) in [7, 11) is 1.55. The van der Waals surface area contributed by atoms with Crippen LogP contribution in [0, 0.1) is 5.82 Å². The highest BCUT2D eigenvalue weighted by Gasteiger charge is 2.23. The number of carbonyl (C=O) groups is 1. The number of rotatable bonds is 8.